The van der Waals surface area contributed by atoms with Gasteiger partial charge in [0.05, 0.1) is 17.7 Å². The predicted molar refractivity (Wildman–Crippen MR) is 162 cm³/mol. The number of para-hydroxylation sites is 2. The highest BCUT2D eigenvalue weighted by molar-refractivity contribution is 7.92. The van der Waals surface area contributed by atoms with E-state index in [0.717, 1.165) is 21.0 Å². The molecule has 0 fully saturated rings. The summed E-state index contributed by atoms with van der Waals surface area (Å²) in [6.45, 7) is 10.9. The molecule has 41 heavy (non-hydrogen) atoms. The minimum absolute atomic E-state index is 0.0459. The summed E-state index contributed by atoms with van der Waals surface area (Å²) in [5, 5.41) is 2.98. The highest BCUT2D eigenvalue weighted by Gasteiger charge is 2.35. The second-order valence-electron chi connectivity index (χ2n) is 11.2. The summed E-state index contributed by atoms with van der Waals surface area (Å²) in [5.41, 5.74) is 2.47. The van der Waals surface area contributed by atoms with Gasteiger partial charge in [0.2, 0.25) is 11.8 Å². The maximum atomic E-state index is 14.2. The Bertz CT molecular complexity index is 1460. The third-order valence-electron chi connectivity index (χ3n) is 6.56. The van der Waals surface area contributed by atoms with Gasteiger partial charge in [-0.25, -0.2) is 8.42 Å². The van der Waals surface area contributed by atoms with Gasteiger partial charge in [-0.15, -0.1) is 0 Å². The van der Waals surface area contributed by atoms with Gasteiger partial charge in [0.1, 0.15) is 18.3 Å². The largest absolute Gasteiger partial charge is 0.495 e. The number of benzene rings is 3. The van der Waals surface area contributed by atoms with Crippen LogP contribution in [-0.2, 0) is 26.2 Å². The molecular weight excluding hydrogens is 538 g/mol. The molecule has 0 saturated carbocycles. The lowest BCUT2D eigenvalue weighted by atomic mass is 10.0. The predicted octanol–water partition coefficient (Wildman–Crippen LogP) is 5.23. The second-order valence-corrected chi connectivity index (χ2v) is 13.0. The van der Waals surface area contributed by atoms with Crippen LogP contribution in [0, 0.1) is 13.8 Å². The molecule has 0 unspecified atom stereocenters. The van der Waals surface area contributed by atoms with Crippen LogP contribution in [0.5, 0.6) is 5.75 Å². The number of sulfonamides is 1. The Morgan fingerprint density at radius 1 is 0.927 bits per heavy atom. The molecule has 1 N–H and O–H groups in total. The number of hydrogen-bond acceptors (Lipinski definition) is 5. The molecule has 0 aliphatic heterocycles. The number of anilines is 1. The van der Waals surface area contributed by atoms with Crippen LogP contribution in [0.2, 0.25) is 0 Å². The summed E-state index contributed by atoms with van der Waals surface area (Å²) >= 11 is 0. The summed E-state index contributed by atoms with van der Waals surface area (Å²) in [6, 6.07) is 20.0. The number of aryl methyl sites for hydroxylation is 2. The van der Waals surface area contributed by atoms with E-state index in [4.69, 9.17) is 4.74 Å². The third kappa shape index (κ3) is 8.10. The van der Waals surface area contributed by atoms with Gasteiger partial charge < -0.3 is 15.0 Å². The van der Waals surface area contributed by atoms with Gasteiger partial charge in [0, 0.05) is 12.1 Å². The molecule has 0 aliphatic carbocycles. The van der Waals surface area contributed by atoms with Crippen molar-refractivity contribution >= 4 is 27.5 Å². The molecule has 3 aromatic carbocycles. The number of nitrogens with zero attached hydrogens (tertiary/aromatic N) is 2. The van der Waals surface area contributed by atoms with Crippen molar-refractivity contribution in [3.8, 4) is 5.75 Å². The average molecular weight is 580 g/mol. The molecule has 0 aliphatic rings. The van der Waals surface area contributed by atoms with Crippen LogP contribution in [0.15, 0.2) is 77.7 Å². The summed E-state index contributed by atoms with van der Waals surface area (Å²) in [5.74, 6) is -0.506. The van der Waals surface area contributed by atoms with Crippen molar-refractivity contribution in [1.29, 1.82) is 0 Å². The molecule has 0 heterocycles. The van der Waals surface area contributed by atoms with Crippen molar-refractivity contribution in [3.63, 3.8) is 0 Å². The van der Waals surface area contributed by atoms with Crippen LogP contribution in [0.3, 0.4) is 0 Å². The zero-order valence-electron chi connectivity index (χ0n) is 25.0. The van der Waals surface area contributed by atoms with E-state index < -0.39 is 34.1 Å². The Balaban J connectivity index is 2.11. The first-order chi connectivity index (χ1) is 19.3. The van der Waals surface area contributed by atoms with Crippen molar-refractivity contribution in [2.75, 3.05) is 18.0 Å². The number of nitrogens with one attached hydrogen (secondary N) is 1. The fraction of sp³-hybridized carbons (Fsp3) is 0.375. The SMILES string of the molecule is CC[C@H](C(=O)NC(C)(C)C)N(Cc1cccc(C)c1)C(=O)CN(c1ccccc1OC)S(=O)(=O)c1ccc(C)cc1. The van der Waals surface area contributed by atoms with E-state index in [1.54, 1.807) is 36.4 Å². The maximum Gasteiger partial charge on any atom is 0.264 e. The molecule has 0 aromatic heterocycles. The van der Waals surface area contributed by atoms with Crippen LogP contribution in [-0.4, -0.2) is 50.4 Å². The lowest BCUT2D eigenvalue weighted by Gasteiger charge is -2.35. The van der Waals surface area contributed by atoms with E-state index in [1.165, 1.54) is 24.1 Å². The topological polar surface area (TPSA) is 96.0 Å². The highest BCUT2D eigenvalue weighted by Crippen LogP contribution is 2.32. The fourth-order valence-corrected chi connectivity index (χ4v) is 5.99. The average Bonchev–Trinajstić information content (AvgIpc) is 2.90. The fourth-order valence-electron chi connectivity index (χ4n) is 4.57. The quantitative estimate of drug-likeness (QED) is 0.336. The minimum Gasteiger partial charge on any atom is -0.495 e. The Morgan fingerprint density at radius 2 is 1.59 bits per heavy atom. The molecule has 2 amide bonds. The first-order valence-corrected chi connectivity index (χ1v) is 15.1. The van der Waals surface area contributed by atoms with E-state index >= 15 is 0 Å². The van der Waals surface area contributed by atoms with Crippen molar-refractivity contribution in [2.24, 2.45) is 0 Å². The minimum atomic E-state index is -4.19. The van der Waals surface area contributed by atoms with Crippen molar-refractivity contribution in [1.82, 2.24) is 10.2 Å². The first kappa shape index (κ1) is 31.7. The van der Waals surface area contributed by atoms with Gasteiger partial charge in [0.15, 0.2) is 0 Å². The smallest absolute Gasteiger partial charge is 0.264 e. The first-order valence-electron chi connectivity index (χ1n) is 13.7. The molecule has 0 saturated heterocycles. The molecule has 8 nitrogen and oxygen atoms in total. The number of carbonyl (C=O) groups is 2. The summed E-state index contributed by atoms with van der Waals surface area (Å²) < 4.78 is 34.7. The third-order valence-corrected chi connectivity index (χ3v) is 8.34. The molecule has 3 rings (SSSR count). The highest BCUT2D eigenvalue weighted by atomic mass is 32.2. The Kier molecular flexibility index (Phi) is 10.2. The van der Waals surface area contributed by atoms with E-state index in [0.29, 0.717) is 12.2 Å². The molecular formula is C32H41N3O5S. The molecule has 1 atom stereocenters. The molecule has 0 bridgehead atoms. The van der Waals surface area contributed by atoms with E-state index in [9.17, 15) is 18.0 Å². The Morgan fingerprint density at radius 3 is 2.17 bits per heavy atom. The number of methoxy groups -OCH3 is 1. The van der Waals surface area contributed by atoms with Gasteiger partial charge in [0.25, 0.3) is 10.0 Å². The molecule has 0 radical (unpaired) electrons. The lowest BCUT2D eigenvalue weighted by molar-refractivity contribution is -0.141. The number of rotatable bonds is 11. The molecule has 9 heteroatoms. The van der Waals surface area contributed by atoms with Crippen LogP contribution in [0.25, 0.3) is 0 Å². The molecule has 0 spiro atoms. The summed E-state index contributed by atoms with van der Waals surface area (Å²) in [7, 11) is -2.74. The van der Waals surface area contributed by atoms with Crippen LogP contribution < -0.4 is 14.4 Å². The van der Waals surface area contributed by atoms with Crippen molar-refractivity contribution < 1.29 is 22.7 Å². The van der Waals surface area contributed by atoms with Crippen molar-refractivity contribution in [3.05, 3.63) is 89.5 Å². The van der Waals surface area contributed by atoms with Crippen LogP contribution >= 0.6 is 0 Å². The normalized spacial score (nSPS) is 12.4. The zero-order valence-corrected chi connectivity index (χ0v) is 25.8. The summed E-state index contributed by atoms with van der Waals surface area (Å²) in [4.78, 5) is 29.2. The Labute approximate surface area is 244 Å². The molecule has 3 aromatic rings. The number of amides is 2. The number of hydrogen-bond donors (Lipinski definition) is 1. The number of carbonyl (C=O) groups excluding carboxylic acids is 2. The van der Waals surface area contributed by atoms with E-state index in [1.807, 2.05) is 65.8 Å². The van der Waals surface area contributed by atoms with Gasteiger partial charge >= 0.3 is 0 Å². The Hall–Kier alpha value is -3.85. The molecule has 220 valence electrons. The maximum absolute atomic E-state index is 14.2. The summed E-state index contributed by atoms with van der Waals surface area (Å²) in [6.07, 6.45) is 0.346. The van der Waals surface area contributed by atoms with Gasteiger partial charge in [-0.05, 0) is 70.9 Å². The standard InChI is InChI=1S/C32H41N3O5S/c1-8-27(31(37)33-32(4,5)6)34(21-25-13-11-12-24(3)20-25)30(36)22-35(28-14-9-10-15-29(28)40-7)41(38,39)26-18-16-23(2)17-19-26/h9-20,27H,8,21-22H2,1-7H3,(H,33,37)/t27-/m1/s1. The zero-order chi connectivity index (χ0) is 30.4. The van der Waals surface area contributed by atoms with Crippen LogP contribution in [0.1, 0.15) is 50.8 Å². The monoisotopic (exact) mass is 579 g/mol. The van der Waals surface area contributed by atoms with Crippen LogP contribution in [0.4, 0.5) is 5.69 Å². The lowest BCUT2D eigenvalue weighted by Crippen LogP contribution is -2.55. The van der Waals surface area contributed by atoms with E-state index in [2.05, 4.69) is 5.32 Å². The van der Waals surface area contributed by atoms with Gasteiger partial charge in [-0.2, -0.15) is 0 Å². The van der Waals surface area contributed by atoms with E-state index in [-0.39, 0.29) is 23.0 Å². The van der Waals surface area contributed by atoms with Gasteiger partial charge in [-0.3, -0.25) is 13.9 Å². The van der Waals surface area contributed by atoms with Crippen molar-refractivity contribution in [2.45, 2.75) is 71.0 Å². The number of ether oxygens (including phenoxy) is 1. The second kappa shape index (κ2) is 13.2. The van der Waals surface area contributed by atoms with Gasteiger partial charge in [-0.1, -0.05) is 66.6 Å².